The summed E-state index contributed by atoms with van der Waals surface area (Å²) in [6.07, 6.45) is 7.73. The molecule has 1 atom stereocenters. The third-order valence-corrected chi connectivity index (χ3v) is 2.49. The fourth-order valence-electron chi connectivity index (χ4n) is 1.49. The summed E-state index contributed by atoms with van der Waals surface area (Å²) >= 11 is 0. The first-order valence-corrected chi connectivity index (χ1v) is 5.15. The van der Waals surface area contributed by atoms with Crippen molar-refractivity contribution in [3.8, 4) is 0 Å². The van der Waals surface area contributed by atoms with Gasteiger partial charge in [-0.1, -0.05) is 13.0 Å². The first-order valence-electron chi connectivity index (χ1n) is 5.15. The summed E-state index contributed by atoms with van der Waals surface area (Å²) in [5.41, 5.74) is 0.556. The number of aliphatic hydroxyl groups is 1. The van der Waals surface area contributed by atoms with Crippen LogP contribution >= 0.6 is 0 Å². The Labute approximate surface area is 94.1 Å². The number of hydrogen-bond acceptors (Lipinski definition) is 6. The van der Waals surface area contributed by atoms with Crippen LogP contribution in [0.5, 0.6) is 0 Å². The Morgan fingerprint density at radius 3 is 3.25 bits per heavy atom. The third-order valence-electron chi connectivity index (χ3n) is 2.49. The second-order valence-corrected chi connectivity index (χ2v) is 3.55. The summed E-state index contributed by atoms with van der Waals surface area (Å²) in [7, 11) is 1.73. The molecule has 0 aliphatic carbocycles. The van der Waals surface area contributed by atoms with Crippen LogP contribution in [0.1, 0.15) is 13.3 Å². The highest BCUT2D eigenvalue weighted by molar-refractivity contribution is 5.84. The van der Waals surface area contributed by atoms with Crippen molar-refractivity contribution in [1.29, 1.82) is 0 Å². The first kappa shape index (κ1) is 10.7. The van der Waals surface area contributed by atoms with Gasteiger partial charge in [0.05, 0.1) is 12.5 Å². The first-order chi connectivity index (χ1) is 7.68. The molecule has 0 spiro atoms. The van der Waals surface area contributed by atoms with Gasteiger partial charge in [0.2, 0.25) is 5.96 Å². The molecule has 3 N–H and O–H groups in total. The molecule has 2 aliphatic rings. The van der Waals surface area contributed by atoms with Crippen molar-refractivity contribution < 1.29 is 5.11 Å². The number of guanidine groups is 1. The van der Waals surface area contributed by atoms with E-state index >= 15 is 0 Å². The van der Waals surface area contributed by atoms with E-state index in [4.69, 9.17) is 0 Å². The molecule has 0 bridgehead atoms. The third kappa shape index (κ3) is 1.57. The predicted octanol–water partition coefficient (Wildman–Crippen LogP) is -0.0799. The van der Waals surface area contributed by atoms with Gasteiger partial charge in [-0.05, 0) is 12.6 Å². The zero-order valence-corrected chi connectivity index (χ0v) is 9.31. The maximum Gasteiger partial charge on any atom is 0.285 e. The van der Waals surface area contributed by atoms with Crippen LogP contribution in [0.3, 0.4) is 0 Å². The Morgan fingerprint density at radius 1 is 1.69 bits per heavy atom. The molecule has 2 rings (SSSR count). The van der Waals surface area contributed by atoms with Crippen LogP contribution in [0, 0.1) is 0 Å². The molecule has 2 heterocycles. The summed E-state index contributed by atoms with van der Waals surface area (Å²) in [4.78, 5) is 9.74. The summed E-state index contributed by atoms with van der Waals surface area (Å²) in [6.45, 7) is 2.04. The lowest BCUT2D eigenvalue weighted by Crippen LogP contribution is -2.54. The van der Waals surface area contributed by atoms with Crippen LogP contribution in [0.2, 0.25) is 0 Å². The summed E-state index contributed by atoms with van der Waals surface area (Å²) in [5.74, 6) is -0.804. The maximum absolute atomic E-state index is 10.3. The van der Waals surface area contributed by atoms with Crippen molar-refractivity contribution >= 4 is 12.3 Å². The van der Waals surface area contributed by atoms with Crippen molar-refractivity contribution in [3.05, 3.63) is 24.2 Å². The van der Waals surface area contributed by atoms with E-state index in [9.17, 15) is 5.11 Å². The minimum atomic E-state index is -1.36. The van der Waals surface area contributed by atoms with Crippen LogP contribution in [0.4, 0.5) is 0 Å². The summed E-state index contributed by atoms with van der Waals surface area (Å²) in [6, 6.07) is 0. The van der Waals surface area contributed by atoms with Gasteiger partial charge < -0.3 is 15.7 Å². The van der Waals surface area contributed by atoms with E-state index in [1.54, 1.807) is 24.3 Å². The Balaban J connectivity index is 2.17. The van der Waals surface area contributed by atoms with Crippen molar-refractivity contribution in [2.75, 3.05) is 7.05 Å². The fraction of sp³-hybridized carbons (Fsp3) is 0.400. The van der Waals surface area contributed by atoms with Gasteiger partial charge in [0.15, 0.2) is 0 Å². The van der Waals surface area contributed by atoms with E-state index in [-0.39, 0.29) is 0 Å². The molecule has 0 amide bonds. The number of rotatable bonds is 2. The second-order valence-electron chi connectivity index (χ2n) is 3.55. The zero-order valence-electron chi connectivity index (χ0n) is 9.31. The molecule has 0 aromatic carbocycles. The number of allylic oxidation sites excluding steroid dienone is 1. The highest BCUT2D eigenvalue weighted by Crippen LogP contribution is 2.26. The normalized spacial score (nSPS) is 27.6. The number of hydrogen-bond donors (Lipinski definition) is 3. The van der Waals surface area contributed by atoms with E-state index in [0.717, 1.165) is 6.42 Å². The largest absolute Gasteiger partial charge is 0.348 e. The maximum atomic E-state index is 10.3. The Bertz CT molecular complexity index is 398. The number of likely N-dealkylation sites (N-methyl/N-ethyl adjacent to an activating group) is 1. The monoisotopic (exact) mass is 221 g/mol. The molecule has 0 saturated carbocycles. The fourth-order valence-corrected chi connectivity index (χ4v) is 1.49. The van der Waals surface area contributed by atoms with Crippen LogP contribution in [0.25, 0.3) is 0 Å². The second kappa shape index (κ2) is 3.97. The van der Waals surface area contributed by atoms with Gasteiger partial charge in [0.25, 0.3) is 5.85 Å². The molecule has 2 aliphatic heterocycles. The minimum absolute atomic E-state index is 0.553. The summed E-state index contributed by atoms with van der Waals surface area (Å²) in [5, 5.41) is 16.1. The number of nitrogens with zero attached hydrogens (tertiary/aromatic N) is 3. The van der Waals surface area contributed by atoms with Crippen molar-refractivity contribution in [2.45, 2.75) is 19.2 Å². The lowest BCUT2D eigenvalue weighted by atomic mass is 10.2. The highest BCUT2D eigenvalue weighted by Gasteiger charge is 2.42. The number of nitrogens with one attached hydrogen (secondary N) is 2. The molecule has 0 radical (unpaired) electrons. The van der Waals surface area contributed by atoms with E-state index in [2.05, 4.69) is 20.6 Å². The molecule has 6 nitrogen and oxygen atoms in total. The average Bonchev–Trinajstić information content (AvgIpc) is 2.66. The molecule has 86 valence electrons. The van der Waals surface area contributed by atoms with Gasteiger partial charge >= 0.3 is 0 Å². The minimum Gasteiger partial charge on any atom is -0.348 e. The standard InChI is InChI=1S/C10H15N5O/c1-3-4-5-11-9-12-6-8-10(16,15(9)2)14-7-13-8/h4-7,16H,3H2,1-2H3,(H,11,12)(H,13,14)/b5-4+. The lowest BCUT2D eigenvalue weighted by Gasteiger charge is -2.35. The molecule has 0 fully saturated rings. The Kier molecular flexibility index (Phi) is 2.66. The van der Waals surface area contributed by atoms with Gasteiger partial charge in [0, 0.05) is 7.05 Å². The van der Waals surface area contributed by atoms with Gasteiger partial charge in [-0.2, -0.15) is 0 Å². The van der Waals surface area contributed by atoms with Gasteiger partial charge in [-0.3, -0.25) is 4.90 Å². The van der Waals surface area contributed by atoms with E-state index in [0.29, 0.717) is 11.7 Å². The van der Waals surface area contributed by atoms with Crippen molar-refractivity contribution in [2.24, 2.45) is 9.98 Å². The van der Waals surface area contributed by atoms with Gasteiger partial charge in [0.1, 0.15) is 5.70 Å². The molecule has 1 unspecified atom stereocenters. The zero-order chi connectivity index (χ0) is 11.6. The van der Waals surface area contributed by atoms with E-state index in [1.807, 2.05) is 13.0 Å². The van der Waals surface area contributed by atoms with E-state index in [1.165, 1.54) is 6.34 Å². The average molecular weight is 221 g/mol. The van der Waals surface area contributed by atoms with Gasteiger partial charge in [-0.15, -0.1) is 0 Å². The molecule has 0 aromatic rings. The van der Waals surface area contributed by atoms with Crippen LogP contribution < -0.4 is 10.6 Å². The predicted molar refractivity (Wildman–Crippen MR) is 62.4 cm³/mol. The summed E-state index contributed by atoms with van der Waals surface area (Å²) < 4.78 is 0. The lowest BCUT2D eigenvalue weighted by molar-refractivity contribution is -0.0156. The SMILES string of the molecule is CC/C=C/NC1=NC=C2NC=NC2(O)N1C. The molecular formula is C10H15N5O. The van der Waals surface area contributed by atoms with Crippen LogP contribution in [-0.4, -0.2) is 35.2 Å². The quantitative estimate of drug-likeness (QED) is 0.610. The van der Waals surface area contributed by atoms with Crippen LogP contribution in [0.15, 0.2) is 34.2 Å². The Morgan fingerprint density at radius 2 is 2.50 bits per heavy atom. The molecule has 16 heavy (non-hydrogen) atoms. The number of fused-ring (bicyclic) bond motifs is 1. The molecule has 6 heteroatoms. The van der Waals surface area contributed by atoms with Crippen molar-refractivity contribution in [1.82, 2.24) is 15.5 Å². The van der Waals surface area contributed by atoms with Gasteiger partial charge in [-0.25, -0.2) is 9.98 Å². The van der Waals surface area contributed by atoms with Crippen molar-refractivity contribution in [3.63, 3.8) is 0 Å². The highest BCUT2D eigenvalue weighted by atomic mass is 16.3. The smallest absolute Gasteiger partial charge is 0.285 e. The topological polar surface area (TPSA) is 72.2 Å². The van der Waals surface area contributed by atoms with Crippen LogP contribution in [-0.2, 0) is 0 Å². The number of aliphatic imine (C=N–C) groups is 2. The van der Waals surface area contributed by atoms with E-state index < -0.39 is 5.85 Å². The molecule has 0 aromatic heterocycles. The Hall–Kier alpha value is -1.82. The molecular weight excluding hydrogens is 206 g/mol. The molecule has 0 saturated heterocycles.